The highest BCUT2D eigenvalue weighted by Crippen LogP contribution is 2.38. The molecule has 0 bridgehead atoms. The van der Waals surface area contributed by atoms with Crippen molar-refractivity contribution < 1.29 is 14.2 Å². The Morgan fingerprint density at radius 1 is 1.12 bits per heavy atom. The van der Waals surface area contributed by atoms with E-state index in [1.165, 1.54) is 5.56 Å². The molecule has 1 aliphatic rings. The second-order valence-corrected chi connectivity index (χ2v) is 6.29. The van der Waals surface area contributed by atoms with Gasteiger partial charge >= 0.3 is 0 Å². The van der Waals surface area contributed by atoms with Gasteiger partial charge in [0.25, 0.3) is 0 Å². The number of benzene rings is 2. The maximum Gasteiger partial charge on any atom is 0.127 e. The normalized spacial score (nSPS) is 16.9. The van der Waals surface area contributed by atoms with Gasteiger partial charge in [0.2, 0.25) is 0 Å². The first-order valence-electron chi connectivity index (χ1n) is 8.84. The first kappa shape index (κ1) is 18.1. The van der Waals surface area contributed by atoms with Gasteiger partial charge in [-0.1, -0.05) is 12.1 Å². The summed E-state index contributed by atoms with van der Waals surface area (Å²) < 4.78 is 16.7. The van der Waals surface area contributed by atoms with Gasteiger partial charge in [0.1, 0.15) is 23.9 Å². The van der Waals surface area contributed by atoms with Gasteiger partial charge in [-0.15, -0.1) is 0 Å². The van der Waals surface area contributed by atoms with Crippen molar-refractivity contribution in [1.29, 1.82) is 5.26 Å². The summed E-state index contributed by atoms with van der Waals surface area (Å²) in [5.74, 6) is 2.40. The zero-order valence-corrected chi connectivity index (χ0v) is 15.3. The number of methoxy groups -OCH3 is 2. The Labute approximate surface area is 154 Å². The van der Waals surface area contributed by atoms with E-state index in [2.05, 4.69) is 17.0 Å². The van der Waals surface area contributed by atoms with Gasteiger partial charge in [-0.3, -0.25) is 4.90 Å². The summed E-state index contributed by atoms with van der Waals surface area (Å²) in [4.78, 5) is 2.43. The molecule has 26 heavy (non-hydrogen) atoms. The summed E-state index contributed by atoms with van der Waals surface area (Å²) in [6.45, 7) is 2.46. The second kappa shape index (κ2) is 8.59. The molecule has 1 heterocycles. The Balaban J connectivity index is 1.64. The van der Waals surface area contributed by atoms with E-state index >= 15 is 0 Å². The number of nitriles is 1. The highest BCUT2D eigenvalue weighted by atomic mass is 16.5. The highest BCUT2D eigenvalue weighted by Gasteiger charge is 2.28. The van der Waals surface area contributed by atoms with Crippen LogP contribution in [0.4, 0.5) is 0 Å². The number of nitrogens with zero attached hydrogens (tertiary/aromatic N) is 2. The molecule has 1 fully saturated rings. The molecule has 0 aromatic heterocycles. The molecule has 3 rings (SSSR count). The van der Waals surface area contributed by atoms with Gasteiger partial charge in [-0.25, -0.2) is 0 Å². The molecule has 0 N–H and O–H groups in total. The van der Waals surface area contributed by atoms with Crippen LogP contribution in [0.5, 0.6) is 17.2 Å². The van der Waals surface area contributed by atoms with Crippen molar-refractivity contribution in [3.05, 3.63) is 53.6 Å². The van der Waals surface area contributed by atoms with Crippen LogP contribution in [-0.2, 0) is 0 Å². The lowest BCUT2D eigenvalue weighted by atomic mass is 10.0. The molecule has 0 saturated carbocycles. The van der Waals surface area contributed by atoms with E-state index in [4.69, 9.17) is 19.5 Å². The molecule has 2 aromatic rings. The summed E-state index contributed by atoms with van der Waals surface area (Å²) in [5, 5.41) is 8.97. The molecule has 1 saturated heterocycles. The molecule has 136 valence electrons. The number of likely N-dealkylation sites (tertiary alicyclic amines) is 1. The number of rotatable bonds is 7. The van der Waals surface area contributed by atoms with Crippen LogP contribution in [0.25, 0.3) is 0 Å². The molecule has 2 aromatic carbocycles. The molecule has 0 spiro atoms. The SMILES string of the molecule is COc1ccc(C2CCCN2CCOc2cccc(C#N)c2)c(OC)c1. The first-order valence-corrected chi connectivity index (χ1v) is 8.84. The maximum atomic E-state index is 8.97. The van der Waals surface area contributed by atoms with Crippen LogP contribution in [0.3, 0.4) is 0 Å². The third-order valence-corrected chi connectivity index (χ3v) is 4.77. The zero-order chi connectivity index (χ0) is 18.4. The molecule has 0 radical (unpaired) electrons. The highest BCUT2D eigenvalue weighted by molar-refractivity contribution is 5.43. The van der Waals surface area contributed by atoms with Crippen LogP contribution in [0.1, 0.15) is 30.0 Å². The van der Waals surface area contributed by atoms with Gasteiger partial charge in [0.15, 0.2) is 0 Å². The van der Waals surface area contributed by atoms with Crippen LogP contribution in [0.2, 0.25) is 0 Å². The Morgan fingerprint density at radius 2 is 2.00 bits per heavy atom. The zero-order valence-electron chi connectivity index (χ0n) is 15.3. The van der Waals surface area contributed by atoms with Crippen molar-refractivity contribution in [2.24, 2.45) is 0 Å². The maximum absolute atomic E-state index is 8.97. The lowest BCUT2D eigenvalue weighted by Gasteiger charge is -2.26. The number of hydrogen-bond acceptors (Lipinski definition) is 5. The van der Waals surface area contributed by atoms with Crippen molar-refractivity contribution in [2.75, 3.05) is 33.9 Å². The molecule has 1 atom stereocenters. The van der Waals surface area contributed by atoms with Crippen molar-refractivity contribution >= 4 is 0 Å². The first-order chi connectivity index (χ1) is 12.7. The molecular formula is C21H24N2O3. The fourth-order valence-electron chi connectivity index (χ4n) is 3.48. The molecule has 5 heteroatoms. The predicted molar refractivity (Wildman–Crippen MR) is 99.7 cm³/mol. The minimum absolute atomic E-state index is 0.324. The fraction of sp³-hybridized carbons (Fsp3) is 0.381. The average molecular weight is 352 g/mol. The Bertz CT molecular complexity index is 785. The molecule has 0 amide bonds. The molecule has 0 aliphatic carbocycles. The van der Waals surface area contributed by atoms with Gasteiger partial charge in [-0.2, -0.15) is 5.26 Å². The minimum Gasteiger partial charge on any atom is -0.497 e. The van der Waals surface area contributed by atoms with Crippen molar-refractivity contribution in [3.63, 3.8) is 0 Å². The lowest BCUT2D eigenvalue weighted by Crippen LogP contribution is -2.28. The summed E-state index contributed by atoms with van der Waals surface area (Å²) in [6, 6.07) is 15.8. The van der Waals surface area contributed by atoms with Gasteiger partial charge in [0, 0.05) is 24.2 Å². The van der Waals surface area contributed by atoms with E-state index in [0.717, 1.165) is 43.2 Å². The fourth-order valence-corrected chi connectivity index (χ4v) is 3.48. The average Bonchev–Trinajstić information content (AvgIpc) is 3.15. The molecule has 5 nitrogen and oxygen atoms in total. The van der Waals surface area contributed by atoms with E-state index in [-0.39, 0.29) is 0 Å². The van der Waals surface area contributed by atoms with Crippen LogP contribution in [0.15, 0.2) is 42.5 Å². The summed E-state index contributed by atoms with van der Waals surface area (Å²) in [7, 11) is 3.36. The second-order valence-electron chi connectivity index (χ2n) is 6.29. The van der Waals surface area contributed by atoms with E-state index in [9.17, 15) is 0 Å². The largest absolute Gasteiger partial charge is 0.497 e. The number of hydrogen-bond donors (Lipinski definition) is 0. The smallest absolute Gasteiger partial charge is 0.127 e. The van der Waals surface area contributed by atoms with E-state index < -0.39 is 0 Å². The quantitative estimate of drug-likeness (QED) is 0.759. The van der Waals surface area contributed by atoms with Crippen molar-refractivity contribution in [1.82, 2.24) is 4.90 Å². The minimum atomic E-state index is 0.324. The standard InChI is InChI=1S/C21H24N2O3/c1-24-17-8-9-19(21(14-17)25-2)20-7-4-10-23(20)11-12-26-18-6-3-5-16(13-18)15-22/h3,5-6,8-9,13-14,20H,4,7,10-12H2,1-2H3. The Hall–Kier alpha value is -2.71. The van der Waals surface area contributed by atoms with Crippen LogP contribution < -0.4 is 14.2 Å². The summed E-state index contributed by atoms with van der Waals surface area (Å²) in [6.07, 6.45) is 2.26. The van der Waals surface area contributed by atoms with Gasteiger partial charge < -0.3 is 14.2 Å². The van der Waals surface area contributed by atoms with E-state index in [1.807, 2.05) is 24.3 Å². The molecule has 1 unspecified atom stereocenters. The summed E-state index contributed by atoms with van der Waals surface area (Å²) >= 11 is 0. The lowest BCUT2D eigenvalue weighted by molar-refractivity contribution is 0.195. The van der Waals surface area contributed by atoms with Crippen molar-refractivity contribution in [3.8, 4) is 23.3 Å². The van der Waals surface area contributed by atoms with Gasteiger partial charge in [0.05, 0.1) is 25.9 Å². The summed E-state index contributed by atoms with van der Waals surface area (Å²) in [5.41, 5.74) is 1.81. The monoisotopic (exact) mass is 352 g/mol. The van der Waals surface area contributed by atoms with Crippen LogP contribution in [-0.4, -0.2) is 38.8 Å². The third kappa shape index (κ3) is 4.09. The van der Waals surface area contributed by atoms with Crippen LogP contribution in [0, 0.1) is 11.3 Å². The van der Waals surface area contributed by atoms with Crippen molar-refractivity contribution in [2.45, 2.75) is 18.9 Å². The van der Waals surface area contributed by atoms with Crippen LogP contribution >= 0.6 is 0 Å². The topological polar surface area (TPSA) is 54.7 Å². The Morgan fingerprint density at radius 3 is 2.77 bits per heavy atom. The molecular weight excluding hydrogens is 328 g/mol. The third-order valence-electron chi connectivity index (χ3n) is 4.77. The molecule has 1 aliphatic heterocycles. The van der Waals surface area contributed by atoms with Gasteiger partial charge in [-0.05, 0) is 43.7 Å². The predicted octanol–water partition coefficient (Wildman–Crippen LogP) is 3.79. The van der Waals surface area contributed by atoms with E-state index in [0.29, 0.717) is 18.2 Å². The van der Waals surface area contributed by atoms with E-state index in [1.54, 1.807) is 26.4 Å². The Kier molecular flexibility index (Phi) is 5.98. The number of ether oxygens (including phenoxy) is 3.